The number of nitrogens with zero attached hydrogens (tertiary/aromatic N) is 4. The van der Waals surface area contributed by atoms with E-state index in [0.29, 0.717) is 17.7 Å². The zero-order chi connectivity index (χ0) is 18.6. The predicted octanol–water partition coefficient (Wildman–Crippen LogP) is 1.26. The van der Waals surface area contributed by atoms with Gasteiger partial charge in [0.1, 0.15) is 10.2 Å². The Morgan fingerprint density at radius 3 is 2.73 bits per heavy atom. The van der Waals surface area contributed by atoms with Crippen LogP contribution in [0.3, 0.4) is 0 Å². The summed E-state index contributed by atoms with van der Waals surface area (Å²) >= 11 is 4.44. The number of aromatic nitrogens is 3. The number of carbonyl (C=O) groups excluding carboxylic acids is 1. The van der Waals surface area contributed by atoms with Gasteiger partial charge in [-0.15, -0.1) is 0 Å². The second-order valence-corrected chi connectivity index (χ2v) is 7.82. The average Bonchev–Trinajstić information content (AvgIpc) is 3.04. The van der Waals surface area contributed by atoms with Crippen LogP contribution in [0.1, 0.15) is 24.6 Å². The maximum Gasteiger partial charge on any atom is 0.295 e. The summed E-state index contributed by atoms with van der Waals surface area (Å²) in [5.74, 6) is -0.219. The van der Waals surface area contributed by atoms with Crippen LogP contribution in [0, 0.1) is 6.92 Å². The lowest BCUT2D eigenvalue weighted by Gasteiger charge is -2.15. The molecule has 1 aliphatic heterocycles. The predicted molar refractivity (Wildman–Crippen MR) is 103 cm³/mol. The molecule has 1 aliphatic rings. The molecule has 0 atom stereocenters. The monoisotopic (exact) mass is 432 g/mol. The van der Waals surface area contributed by atoms with Gasteiger partial charge in [-0.1, -0.05) is 34.2 Å². The van der Waals surface area contributed by atoms with Gasteiger partial charge in [-0.25, -0.2) is 0 Å². The molecule has 0 saturated carbocycles. The second-order valence-electron chi connectivity index (χ2n) is 5.93. The van der Waals surface area contributed by atoms with Crippen LogP contribution in [0.2, 0.25) is 0 Å². The van der Waals surface area contributed by atoms with E-state index in [0.717, 1.165) is 32.4 Å². The van der Waals surface area contributed by atoms with Crippen molar-refractivity contribution in [2.75, 3.05) is 11.4 Å². The van der Waals surface area contributed by atoms with E-state index in [1.54, 1.807) is 4.90 Å². The Bertz CT molecular complexity index is 1250. The Labute approximate surface area is 159 Å². The molecule has 0 spiro atoms. The first-order valence-corrected chi connectivity index (χ1v) is 9.60. The highest BCUT2D eigenvalue weighted by Crippen LogP contribution is 2.37. The maximum atomic E-state index is 13.1. The first-order chi connectivity index (χ1) is 12.4. The Kier molecular flexibility index (Phi) is 4.00. The molecule has 26 heavy (non-hydrogen) atoms. The molecule has 9 heteroatoms. The molecule has 1 amide bonds. The number of benzene rings is 1. The molecule has 7 nitrogen and oxygen atoms in total. The van der Waals surface area contributed by atoms with E-state index >= 15 is 0 Å². The number of thiazole rings is 1. The Morgan fingerprint density at radius 2 is 2.00 bits per heavy atom. The number of rotatable bonds is 2. The minimum atomic E-state index is -0.476. The number of anilines is 1. The lowest BCUT2D eigenvalue weighted by molar-refractivity contribution is -0.113. The lowest BCUT2D eigenvalue weighted by atomic mass is 10.1. The van der Waals surface area contributed by atoms with E-state index in [9.17, 15) is 14.4 Å². The fourth-order valence-corrected chi connectivity index (χ4v) is 4.36. The van der Waals surface area contributed by atoms with E-state index in [2.05, 4.69) is 26.0 Å². The van der Waals surface area contributed by atoms with Gasteiger partial charge in [0.05, 0.1) is 11.3 Å². The largest absolute Gasteiger partial charge is 0.308 e. The molecule has 4 rings (SSSR count). The second kappa shape index (κ2) is 6.10. The normalized spacial score (nSPS) is 15.8. The molecule has 0 bridgehead atoms. The zero-order valence-electron chi connectivity index (χ0n) is 13.9. The van der Waals surface area contributed by atoms with Gasteiger partial charge in [-0.3, -0.25) is 14.4 Å². The van der Waals surface area contributed by atoms with Gasteiger partial charge in [-0.05, 0) is 31.5 Å². The number of carbonyl (C=O) groups is 1. The third kappa shape index (κ3) is 2.42. The van der Waals surface area contributed by atoms with E-state index in [1.165, 1.54) is 6.92 Å². The fraction of sp³-hybridized carbons (Fsp3) is 0.235. The van der Waals surface area contributed by atoms with Crippen molar-refractivity contribution in [3.8, 4) is 0 Å². The average molecular weight is 433 g/mol. The number of hydrogen-bond donors (Lipinski definition) is 0. The van der Waals surface area contributed by atoms with Gasteiger partial charge in [0.25, 0.3) is 17.0 Å². The highest BCUT2D eigenvalue weighted by Gasteiger charge is 2.34. The topological polar surface area (TPSA) is 84.6 Å². The van der Waals surface area contributed by atoms with Gasteiger partial charge >= 0.3 is 0 Å². The molecule has 0 aliphatic carbocycles. The van der Waals surface area contributed by atoms with Crippen molar-refractivity contribution in [2.24, 2.45) is 0 Å². The first-order valence-electron chi connectivity index (χ1n) is 7.99. The van der Waals surface area contributed by atoms with Gasteiger partial charge < -0.3 is 4.90 Å². The van der Waals surface area contributed by atoms with Crippen molar-refractivity contribution >= 4 is 49.4 Å². The summed E-state index contributed by atoms with van der Waals surface area (Å²) in [7, 11) is 0. The van der Waals surface area contributed by atoms with Crippen LogP contribution in [-0.2, 0) is 4.79 Å². The fourth-order valence-electron chi connectivity index (χ4n) is 3.01. The van der Waals surface area contributed by atoms with Crippen molar-refractivity contribution in [1.29, 1.82) is 0 Å². The number of aryl methyl sites for hydroxylation is 1. The highest BCUT2D eigenvalue weighted by atomic mass is 79.9. The number of halogens is 1. The van der Waals surface area contributed by atoms with Crippen LogP contribution in [0.5, 0.6) is 0 Å². The molecule has 132 valence electrons. The number of fused-ring (bicyclic) bond motifs is 2. The van der Waals surface area contributed by atoms with Gasteiger partial charge in [-0.2, -0.15) is 14.6 Å². The summed E-state index contributed by atoms with van der Waals surface area (Å²) in [6.45, 7) is 4.05. The Morgan fingerprint density at radius 1 is 1.23 bits per heavy atom. The van der Waals surface area contributed by atoms with Crippen molar-refractivity contribution in [3.63, 3.8) is 0 Å². The lowest BCUT2D eigenvalue weighted by Crippen LogP contribution is -2.33. The van der Waals surface area contributed by atoms with Gasteiger partial charge in [0.15, 0.2) is 0 Å². The summed E-state index contributed by atoms with van der Waals surface area (Å²) in [6, 6.07) is 5.56. The molecule has 0 radical (unpaired) electrons. The Balaban J connectivity index is 2.13. The minimum absolute atomic E-state index is 0.141. The molecule has 2 aromatic heterocycles. The van der Waals surface area contributed by atoms with Crippen LogP contribution >= 0.6 is 27.3 Å². The van der Waals surface area contributed by atoms with Crippen LogP contribution in [0.25, 0.3) is 10.5 Å². The SMILES string of the molecule is CCCN1C(=O)/C(=c2\sc3nc(=O)c(C)nn3c2=O)c2cc(Br)ccc21. The van der Waals surface area contributed by atoms with Crippen LogP contribution in [-0.4, -0.2) is 27.0 Å². The molecular weight excluding hydrogens is 420 g/mol. The van der Waals surface area contributed by atoms with E-state index in [4.69, 9.17) is 0 Å². The summed E-state index contributed by atoms with van der Waals surface area (Å²) in [5, 5.41) is 4.01. The summed E-state index contributed by atoms with van der Waals surface area (Å²) in [6.07, 6.45) is 0.793. The number of hydrogen-bond acceptors (Lipinski definition) is 6. The summed E-state index contributed by atoms with van der Waals surface area (Å²) < 4.78 is 2.16. The molecule has 1 aromatic carbocycles. The van der Waals surface area contributed by atoms with Crippen molar-refractivity contribution in [3.05, 3.63) is 59.2 Å². The third-order valence-electron chi connectivity index (χ3n) is 4.17. The third-order valence-corrected chi connectivity index (χ3v) is 5.69. The molecule has 0 N–H and O–H groups in total. The molecule has 0 saturated heterocycles. The summed E-state index contributed by atoms with van der Waals surface area (Å²) in [5.41, 5.74) is 1.04. The van der Waals surface area contributed by atoms with Crippen LogP contribution < -0.4 is 20.6 Å². The van der Waals surface area contributed by atoms with Crippen molar-refractivity contribution < 1.29 is 4.79 Å². The van der Waals surface area contributed by atoms with E-state index in [-0.39, 0.29) is 21.1 Å². The first kappa shape index (κ1) is 17.0. The minimum Gasteiger partial charge on any atom is -0.308 e. The summed E-state index contributed by atoms with van der Waals surface area (Å²) in [4.78, 5) is 43.4. The molecule has 0 fully saturated rings. The zero-order valence-corrected chi connectivity index (χ0v) is 16.3. The van der Waals surface area contributed by atoms with Crippen molar-refractivity contribution in [1.82, 2.24) is 14.6 Å². The Hall–Kier alpha value is -2.39. The van der Waals surface area contributed by atoms with Crippen LogP contribution in [0.15, 0.2) is 32.3 Å². The van der Waals surface area contributed by atoms with E-state index < -0.39 is 11.1 Å². The van der Waals surface area contributed by atoms with Gasteiger partial charge in [0, 0.05) is 16.6 Å². The number of amides is 1. The molecule has 0 unspecified atom stereocenters. The van der Waals surface area contributed by atoms with Crippen LogP contribution in [0.4, 0.5) is 5.69 Å². The molecular formula is C17H13BrN4O3S. The molecule has 3 aromatic rings. The standard InChI is InChI=1S/C17H13BrN4O3S/c1-3-6-21-11-5-4-9(18)7-10(11)12(15(21)24)13-16(25)22-17(26-13)19-14(23)8(2)20-22/h4-5,7H,3,6H2,1-2H3/b13-12-. The van der Waals surface area contributed by atoms with Gasteiger partial charge in [0.2, 0.25) is 4.96 Å². The van der Waals surface area contributed by atoms with Crippen molar-refractivity contribution in [2.45, 2.75) is 20.3 Å². The molecule has 3 heterocycles. The smallest absolute Gasteiger partial charge is 0.295 e. The quantitative estimate of drug-likeness (QED) is 0.608. The van der Waals surface area contributed by atoms with E-state index in [1.807, 2.05) is 25.1 Å². The highest BCUT2D eigenvalue weighted by molar-refractivity contribution is 9.10. The maximum absolute atomic E-state index is 13.1.